The molecule has 24 heavy (non-hydrogen) atoms. The minimum absolute atomic E-state index is 0.0378. The van der Waals surface area contributed by atoms with Crippen molar-refractivity contribution < 1.29 is 9.72 Å². The molecular formula is C17H17ClN2O3S. The lowest BCUT2D eigenvalue weighted by Crippen LogP contribution is -2.29. The summed E-state index contributed by atoms with van der Waals surface area (Å²) in [4.78, 5) is 23.1. The van der Waals surface area contributed by atoms with Crippen LogP contribution in [0.4, 0.5) is 5.69 Å². The highest BCUT2D eigenvalue weighted by Gasteiger charge is 2.13. The van der Waals surface area contributed by atoms with Gasteiger partial charge in [-0.05, 0) is 36.2 Å². The van der Waals surface area contributed by atoms with Gasteiger partial charge in [0, 0.05) is 22.1 Å². The van der Waals surface area contributed by atoms with Gasteiger partial charge in [-0.3, -0.25) is 14.9 Å². The van der Waals surface area contributed by atoms with Gasteiger partial charge in [-0.15, -0.1) is 11.8 Å². The third-order valence-electron chi connectivity index (χ3n) is 3.41. The molecule has 1 N–H and O–H groups in total. The first kappa shape index (κ1) is 18.3. The van der Waals surface area contributed by atoms with E-state index < -0.39 is 4.92 Å². The molecule has 0 saturated heterocycles. The molecule has 0 aromatic heterocycles. The maximum atomic E-state index is 12.1. The van der Waals surface area contributed by atoms with Crippen LogP contribution < -0.4 is 5.32 Å². The molecule has 7 heteroatoms. The third kappa shape index (κ3) is 5.25. The minimum atomic E-state index is -0.446. The number of hydrogen-bond acceptors (Lipinski definition) is 4. The topological polar surface area (TPSA) is 72.2 Å². The molecular weight excluding hydrogens is 348 g/mol. The summed E-state index contributed by atoms with van der Waals surface area (Å²) in [5.41, 5.74) is 1.01. The van der Waals surface area contributed by atoms with E-state index in [1.54, 1.807) is 18.2 Å². The number of nitro groups is 1. The van der Waals surface area contributed by atoms with Crippen LogP contribution in [0.5, 0.6) is 0 Å². The molecule has 0 saturated carbocycles. The Morgan fingerprint density at radius 3 is 2.58 bits per heavy atom. The Morgan fingerprint density at radius 2 is 2.00 bits per heavy atom. The summed E-state index contributed by atoms with van der Waals surface area (Å²) >= 11 is 7.33. The zero-order valence-corrected chi connectivity index (χ0v) is 14.6. The molecule has 2 aromatic carbocycles. The normalized spacial score (nSPS) is 11.8. The summed E-state index contributed by atoms with van der Waals surface area (Å²) in [5, 5.41) is 14.2. The van der Waals surface area contributed by atoms with Crippen LogP contribution in [0.25, 0.3) is 0 Å². The number of carbonyl (C=O) groups excluding carboxylic acids is 1. The van der Waals surface area contributed by atoms with Crippen LogP contribution in [0.1, 0.15) is 24.9 Å². The molecule has 1 unspecified atom stereocenters. The largest absolute Gasteiger partial charge is 0.349 e. The highest BCUT2D eigenvalue weighted by atomic mass is 35.5. The lowest BCUT2D eigenvalue weighted by Gasteiger charge is -2.17. The molecule has 0 spiro atoms. The maximum absolute atomic E-state index is 12.1. The Labute approximate surface area is 149 Å². The number of amides is 1. The van der Waals surface area contributed by atoms with Gasteiger partial charge in [0.25, 0.3) is 5.69 Å². The van der Waals surface area contributed by atoms with E-state index in [1.807, 2.05) is 25.1 Å². The fraction of sp³-hybridized carbons (Fsp3) is 0.235. The van der Waals surface area contributed by atoms with E-state index in [-0.39, 0.29) is 23.4 Å². The number of thioether (sulfide) groups is 1. The Balaban J connectivity index is 1.91. The van der Waals surface area contributed by atoms with Crippen LogP contribution in [0.15, 0.2) is 53.4 Å². The van der Waals surface area contributed by atoms with Crippen molar-refractivity contribution in [3.8, 4) is 0 Å². The van der Waals surface area contributed by atoms with Crippen molar-refractivity contribution in [2.24, 2.45) is 0 Å². The smallest absolute Gasteiger partial charge is 0.269 e. The van der Waals surface area contributed by atoms with Gasteiger partial charge >= 0.3 is 0 Å². The van der Waals surface area contributed by atoms with E-state index >= 15 is 0 Å². The lowest BCUT2D eigenvalue weighted by molar-refractivity contribution is -0.384. The van der Waals surface area contributed by atoms with E-state index in [2.05, 4.69) is 5.32 Å². The average Bonchev–Trinajstić information content (AvgIpc) is 2.58. The summed E-state index contributed by atoms with van der Waals surface area (Å²) in [6.07, 6.45) is 0.758. The first-order valence-electron chi connectivity index (χ1n) is 7.41. The first-order valence-corrected chi connectivity index (χ1v) is 8.78. The fourth-order valence-electron chi connectivity index (χ4n) is 2.19. The van der Waals surface area contributed by atoms with Crippen molar-refractivity contribution >= 4 is 35.0 Å². The molecule has 126 valence electrons. The van der Waals surface area contributed by atoms with Crippen LogP contribution in [-0.2, 0) is 4.79 Å². The lowest BCUT2D eigenvalue weighted by atomic mass is 10.0. The first-order chi connectivity index (χ1) is 11.5. The molecule has 0 heterocycles. The summed E-state index contributed by atoms with van der Waals surface area (Å²) in [5.74, 6) is 0.152. The summed E-state index contributed by atoms with van der Waals surface area (Å²) in [6, 6.07) is 13.5. The second-order valence-electron chi connectivity index (χ2n) is 5.12. The molecule has 2 rings (SSSR count). The molecule has 0 fully saturated rings. The standard InChI is InChI=1S/C17H17ClN2O3S/c1-2-16(12-4-3-5-13(18)10-12)19-17(21)11-24-15-8-6-14(7-9-15)20(22)23/h3-10,16H,2,11H2,1H3,(H,19,21). The van der Waals surface area contributed by atoms with Crippen LogP contribution >= 0.6 is 23.4 Å². The molecule has 5 nitrogen and oxygen atoms in total. The number of nitrogens with zero attached hydrogens (tertiary/aromatic N) is 1. The van der Waals surface area contributed by atoms with Crippen molar-refractivity contribution in [2.75, 3.05) is 5.75 Å². The monoisotopic (exact) mass is 364 g/mol. The average molecular weight is 365 g/mol. The second kappa shape index (κ2) is 8.70. The predicted octanol–water partition coefficient (Wildman–Crippen LogP) is 4.61. The molecule has 0 aliphatic rings. The number of rotatable bonds is 7. The molecule has 0 radical (unpaired) electrons. The highest BCUT2D eigenvalue weighted by molar-refractivity contribution is 8.00. The van der Waals surface area contributed by atoms with Gasteiger partial charge in [-0.1, -0.05) is 30.7 Å². The second-order valence-corrected chi connectivity index (χ2v) is 6.61. The van der Waals surface area contributed by atoms with Crippen LogP contribution in [0.2, 0.25) is 5.02 Å². The minimum Gasteiger partial charge on any atom is -0.349 e. The SMILES string of the molecule is CCC(NC(=O)CSc1ccc([N+](=O)[O-])cc1)c1cccc(Cl)c1. The number of benzene rings is 2. The number of nitrogens with one attached hydrogen (secondary N) is 1. The van der Waals surface area contributed by atoms with Crippen LogP contribution in [0.3, 0.4) is 0 Å². The molecule has 0 aliphatic heterocycles. The molecule has 0 aliphatic carbocycles. The van der Waals surface area contributed by atoms with Gasteiger partial charge in [-0.2, -0.15) is 0 Å². The summed E-state index contributed by atoms with van der Waals surface area (Å²) < 4.78 is 0. The van der Waals surface area contributed by atoms with Crippen molar-refractivity contribution in [2.45, 2.75) is 24.3 Å². The van der Waals surface area contributed by atoms with Crippen molar-refractivity contribution in [1.82, 2.24) is 5.32 Å². The summed E-state index contributed by atoms with van der Waals surface area (Å²) in [6.45, 7) is 2.00. The fourth-order valence-corrected chi connectivity index (χ4v) is 3.10. The Kier molecular flexibility index (Phi) is 6.63. The van der Waals surface area contributed by atoms with Crippen molar-refractivity contribution in [3.05, 3.63) is 69.2 Å². The summed E-state index contributed by atoms with van der Waals surface area (Å²) in [7, 11) is 0. The predicted molar refractivity (Wildman–Crippen MR) is 96.4 cm³/mol. The van der Waals surface area contributed by atoms with Gasteiger partial charge in [0.2, 0.25) is 5.91 Å². The van der Waals surface area contributed by atoms with E-state index in [1.165, 1.54) is 23.9 Å². The number of nitro benzene ring substituents is 1. The molecule has 0 bridgehead atoms. The Morgan fingerprint density at radius 1 is 1.29 bits per heavy atom. The van der Waals surface area contributed by atoms with Gasteiger partial charge < -0.3 is 5.32 Å². The van der Waals surface area contributed by atoms with E-state index in [0.29, 0.717) is 5.02 Å². The number of non-ortho nitro benzene ring substituents is 1. The van der Waals surface area contributed by atoms with Crippen molar-refractivity contribution in [1.29, 1.82) is 0 Å². The molecule has 1 atom stereocenters. The van der Waals surface area contributed by atoms with E-state index in [9.17, 15) is 14.9 Å². The van der Waals surface area contributed by atoms with Crippen LogP contribution in [-0.4, -0.2) is 16.6 Å². The Hall–Kier alpha value is -2.05. The number of halogens is 1. The number of carbonyl (C=O) groups is 1. The van der Waals surface area contributed by atoms with Gasteiger partial charge in [0.05, 0.1) is 16.7 Å². The quantitative estimate of drug-likeness (QED) is 0.442. The van der Waals surface area contributed by atoms with E-state index in [4.69, 9.17) is 11.6 Å². The molecule has 2 aromatic rings. The van der Waals surface area contributed by atoms with Gasteiger partial charge in [0.1, 0.15) is 0 Å². The number of hydrogen-bond donors (Lipinski definition) is 1. The van der Waals surface area contributed by atoms with Gasteiger partial charge in [-0.25, -0.2) is 0 Å². The third-order valence-corrected chi connectivity index (χ3v) is 4.66. The zero-order valence-electron chi connectivity index (χ0n) is 13.1. The molecule has 1 amide bonds. The van der Waals surface area contributed by atoms with Crippen LogP contribution in [0, 0.1) is 10.1 Å². The highest BCUT2D eigenvalue weighted by Crippen LogP contribution is 2.23. The van der Waals surface area contributed by atoms with E-state index in [0.717, 1.165) is 16.9 Å². The zero-order chi connectivity index (χ0) is 17.5. The van der Waals surface area contributed by atoms with Gasteiger partial charge in [0.15, 0.2) is 0 Å². The maximum Gasteiger partial charge on any atom is 0.269 e. The Bertz CT molecular complexity index is 722. The van der Waals surface area contributed by atoms with Crippen molar-refractivity contribution in [3.63, 3.8) is 0 Å².